The summed E-state index contributed by atoms with van der Waals surface area (Å²) in [5.74, 6) is -0.168. The van der Waals surface area contributed by atoms with E-state index in [1.807, 2.05) is 30.6 Å². The van der Waals surface area contributed by atoms with Gasteiger partial charge in [-0.1, -0.05) is 18.2 Å². The van der Waals surface area contributed by atoms with Crippen LogP contribution in [0.25, 0.3) is 0 Å². The fourth-order valence-corrected chi connectivity index (χ4v) is 2.99. The Labute approximate surface area is 131 Å². The van der Waals surface area contributed by atoms with Gasteiger partial charge in [-0.3, -0.25) is 14.8 Å². The van der Waals surface area contributed by atoms with E-state index in [9.17, 15) is 4.39 Å². The topological polar surface area (TPSA) is 19.4 Å². The molecule has 0 aliphatic carbocycles. The van der Waals surface area contributed by atoms with Crippen LogP contribution in [0.2, 0.25) is 0 Å². The molecule has 1 fully saturated rings. The maximum atomic E-state index is 12.9. The Bertz CT molecular complexity index is 577. The third-order valence-corrected chi connectivity index (χ3v) is 4.44. The highest BCUT2D eigenvalue weighted by atomic mass is 19.1. The van der Waals surface area contributed by atoms with Gasteiger partial charge in [0.2, 0.25) is 0 Å². The van der Waals surface area contributed by atoms with Gasteiger partial charge in [-0.15, -0.1) is 0 Å². The van der Waals surface area contributed by atoms with Gasteiger partial charge < -0.3 is 0 Å². The molecule has 0 amide bonds. The lowest BCUT2D eigenvalue weighted by atomic mass is 10.1. The Morgan fingerprint density at radius 2 is 1.82 bits per heavy atom. The van der Waals surface area contributed by atoms with Crippen molar-refractivity contribution in [3.05, 3.63) is 65.7 Å². The molecule has 4 heteroatoms. The number of piperazine rings is 1. The predicted molar refractivity (Wildman–Crippen MR) is 85.9 cm³/mol. The zero-order chi connectivity index (χ0) is 15.4. The van der Waals surface area contributed by atoms with Gasteiger partial charge in [-0.2, -0.15) is 0 Å². The van der Waals surface area contributed by atoms with E-state index in [1.54, 1.807) is 0 Å². The van der Waals surface area contributed by atoms with E-state index in [4.69, 9.17) is 0 Å². The van der Waals surface area contributed by atoms with Crippen molar-refractivity contribution in [2.24, 2.45) is 0 Å². The van der Waals surface area contributed by atoms with E-state index < -0.39 is 0 Å². The van der Waals surface area contributed by atoms with Crippen LogP contribution in [-0.4, -0.2) is 41.0 Å². The van der Waals surface area contributed by atoms with Crippen LogP contribution in [0.5, 0.6) is 0 Å². The molecule has 3 nitrogen and oxygen atoms in total. The summed E-state index contributed by atoms with van der Waals surface area (Å²) in [7, 11) is 0. The van der Waals surface area contributed by atoms with Gasteiger partial charge in [0.25, 0.3) is 0 Å². The predicted octanol–water partition coefficient (Wildman–Crippen LogP) is 3.10. The number of nitrogens with zero attached hydrogens (tertiary/aromatic N) is 3. The van der Waals surface area contributed by atoms with Crippen molar-refractivity contribution in [2.75, 3.05) is 26.2 Å². The van der Waals surface area contributed by atoms with Gasteiger partial charge in [0, 0.05) is 51.2 Å². The van der Waals surface area contributed by atoms with E-state index in [-0.39, 0.29) is 5.82 Å². The quantitative estimate of drug-likeness (QED) is 0.865. The molecule has 2 heterocycles. The Hall–Kier alpha value is -1.78. The van der Waals surface area contributed by atoms with Crippen molar-refractivity contribution in [3.63, 3.8) is 0 Å². The van der Waals surface area contributed by atoms with Crippen LogP contribution in [0.1, 0.15) is 24.1 Å². The number of hydrogen-bond donors (Lipinski definition) is 0. The summed E-state index contributed by atoms with van der Waals surface area (Å²) in [6.45, 7) is 7.33. The second-order valence-corrected chi connectivity index (χ2v) is 5.90. The van der Waals surface area contributed by atoms with Gasteiger partial charge in [0.05, 0.1) is 0 Å². The summed E-state index contributed by atoms with van der Waals surface area (Å²) in [5, 5.41) is 0. The number of halogens is 1. The molecule has 0 saturated carbocycles. The number of pyridine rings is 1. The number of benzene rings is 1. The fraction of sp³-hybridized carbons (Fsp3) is 0.389. The molecule has 1 aliphatic heterocycles. The maximum absolute atomic E-state index is 12.9. The van der Waals surface area contributed by atoms with Crippen LogP contribution in [0, 0.1) is 5.82 Å². The summed E-state index contributed by atoms with van der Waals surface area (Å²) in [6, 6.07) is 11.4. The number of rotatable bonds is 4. The van der Waals surface area contributed by atoms with Crippen molar-refractivity contribution >= 4 is 0 Å². The molecule has 1 aromatic heterocycles. The van der Waals surface area contributed by atoms with Crippen LogP contribution in [0.3, 0.4) is 0 Å². The minimum Gasteiger partial charge on any atom is -0.297 e. The maximum Gasteiger partial charge on any atom is 0.123 e. The lowest BCUT2D eigenvalue weighted by Gasteiger charge is -2.38. The van der Waals surface area contributed by atoms with Crippen molar-refractivity contribution in [1.82, 2.24) is 14.8 Å². The summed E-state index contributed by atoms with van der Waals surface area (Å²) in [6.07, 6.45) is 3.77. The Morgan fingerprint density at radius 3 is 2.45 bits per heavy atom. The molecular weight excluding hydrogens is 277 g/mol. The molecule has 3 rings (SSSR count). The summed E-state index contributed by atoms with van der Waals surface area (Å²) >= 11 is 0. The minimum absolute atomic E-state index is 0.168. The van der Waals surface area contributed by atoms with Gasteiger partial charge in [-0.25, -0.2) is 4.39 Å². The molecule has 22 heavy (non-hydrogen) atoms. The highest BCUT2D eigenvalue weighted by Crippen LogP contribution is 2.21. The van der Waals surface area contributed by atoms with E-state index in [1.165, 1.54) is 23.3 Å². The van der Waals surface area contributed by atoms with E-state index >= 15 is 0 Å². The van der Waals surface area contributed by atoms with Crippen LogP contribution in [-0.2, 0) is 6.54 Å². The average Bonchev–Trinajstić information content (AvgIpc) is 2.58. The molecule has 1 saturated heterocycles. The monoisotopic (exact) mass is 299 g/mol. The van der Waals surface area contributed by atoms with Crippen LogP contribution in [0.4, 0.5) is 4.39 Å². The zero-order valence-corrected chi connectivity index (χ0v) is 13.0. The standard InChI is InChI=1S/C18H22FN3/c1-15(17-3-2-8-20-13-17)22-11-9-21(10-12-22)14-16-4-6-18(19)7-5-16/h2-8,13,15H,9-12,14H2,1H3. The SMILES string of the molecule is CC(c1cccnc1)N1CCN(Cc2ccc(F)cc2)CC1. The first-order chi connectivity index (χ1) is 10.7. The second-order valence-electron chi connectivity index (χ2n) is 5.90. The van der Waals surface area contributed by atoms with Crippen molar-refractivity contribution in [2.45, 2.75) is 19.5 Å². The minimum atomic E-state index is -0.168. The Kier molecular flexibility index (Phi) is 4.80. The largest absolute Gasteiger partial charge is 0.297 e. The van der Waals surface area contributed by atoms with Crippen molar-refractivity contribution in [1.29, 1.82) is 0 Å². The molecular formula is C18H22FN3. The number of aromatic nitrogens is 1. The first-order valence-corrected chi connectivity index (χ1v) is 7.83. The molecule has 2 aromatic rings. The molecule has 0 radical (unpaired) electrons. The molecule has 1 unspecified atom stereocenters. The first-order valence-electron chi connectivity index (χ1n) is 7.83. The van der Waals surface area contributed by atoms with E-state index in [0.717, 1.165) is 32.7 Å². The zero-order valence-electron chi connectivity index (χ0n) is 13.0. The van der Waals surface area contributed by atoms with Gasteiger partial charge in [-0.05, 0) is 36.2 Å². The molecule has 0 spiro atoms. The van der Waals surface area contributed by atoms with Crippen molar-refractivity contribution in [3.8, 4) is 0 Å². The highest BCUT2D eigenvalue weighted by Gasteiger charge is 2.22. The van der Waals surface area contributed by atoms with E-state index in [2.05, 4.69) is 27.8 Å². The molecule has 116 valence electrons. The summed E-state index contributed by atoms with van der Waals surface area (Å²) in [4.78, 5) is 9.14. The third kappa shape index (κ3) is 3.70. The first kappa shape index (κ1) is 15.1. The molecule has 1 aromatic carbocycles. The van der Waals surface area contributed by atoms with Gasteiger partial charge in [0.1, 0.15) is 5.82 Å². The fourth-order valence-electron chi connectivity index (χ4n) is 2.99. The van der Waals surface area contributed by atoms with Gasteiger partial charge >= 0.3 is 0 Å². The second kappa shape index (κ2) is 6.99. The smallest absolute Gasteiger partial charge is 0.123 e. The number of hydrogen-bond acceptors (Lipinski definition) is 3. The molecule has 0 bridgehead atoms. The lowest BCUT2D eigenvalue weighted by Crippen LogP contribution is -2.46. The van der Waals surface area contributed by atoms with Gasteiger partial charge in [0.15, 0.2) is 0 Å². The lowest BCUT2D eigenvalue weighted by molar-refractivity contribution is 0.0977. The summed E-state index contributed by atoms with van der Waals surface area (Å²) < 4.78 is 12.9. The Balaban J connectivity index is 1.53. The highest BCUT2D eigenvalue weighted by molar-refractivity contribution is 5.16. The van der Waals surface area contributed by atoms with Crippen LogP contribution >= 0.6 is 0 Å². The third-order valence-electron chi connectivity index (χ3n) is 4.44. The normalized spacial score (nSPS) is 18.3. The average molecular weight is 299 g/mol. The van der Waals surface area contributed by atoms with Crippen molar-refractivity contribution < 1.29 is 4.39 Å². The molecule has 0 N–H and O–H groups in total. The molecule has 1 atom stereocenters. The molecule has 1 aliphatic rings. The van der Waals surface area contributed by atoms with Crippen LogP contribution < -0.4 is 0 Å². The van der Waals surface area contributed by atoms with Crippen LogP contribution in [0.15, 0.2) is 48.8 Å². The van der Waals surface area contributed by atoms with E-state index in [0.29, 0.717) is 6.04 Å². The Morgan fingerprint density at radius 1 is 1.09 bits per heavy atom. The summed E-state index contributed by atoms with van der Waals surface area (Å²) in [5.41, 5.74) is 2.45.